The second-order valence-corrected chi connectivity index (χ2v) is 5.43. The van der Waals surface area contributed by atoms with Crippen molar-refractivity contribution in [3.63, 3.8) is 0 Å². The molecule has 0 spiro atoms. The number of pyridine rings is 1. The number of carbonyl (C=O) groups is 2. The van der Waals surface area contributed by atoms with Crippen molar-refractivity contribution in [2.45, 2.75) is 6.92 Å². The van der Waals surface area contributed by atoms with Gasteiger partial charge in [-0.1, -0.05) is 24.3 Å². The molecule has 0 aliphatic rings. The number of ether oxygens (including phenoxy) is 1. The Morgan fingerprint density at radius 1 is 1.00 bits per heavy atom. The summed E-state index contributed by atoms with van der Waals surface area (Å²) in [7, 11) is 0. The maximum absolute atomic E-state index is 12.1. The van der Waals surface area contributed by atoms with E-state index in [1.165, 1.54) is 6.92 Å². The number of rotatable bonds is 5. The summed E-state index contributed by atoms with van der Waals surface area (Å²) in [5, 5.41) is 6.35. The van der Waals surface area contributed by atoms with Crippen molar-refractivity contribution < 1.29 is 14.3 Å². The Bertz CT molecular complexity index is 919. The highest BCUT2D eigenvalue weighted by molar-refractivity contribution is 5.94. The Balaban J connectivity index is 1.64. The van der Waals surface area contributed by atoms with E-state index in [9.17, 15) is 9.59 Å². The Morgan fingerprint density at radius 3 is 2.52 bits per heavy atom. The van der Waals surface area contributed by atoms with Gasteiger partial charge in [-0.15, -0.1) is 0 Å². The molecular weight excluding hydrogens is 318 g/mol. The Kier molecular flexibility index (Phi) is 4.89. The molecule has 1 heterocycles. The van der Waals surface area contributed by atoms with E-state index in [0.29, 0.717) is 22.6 Å². The molecular formula is C19H17N3O3. The van der Waals surface area contributed by atoms with Crippen molar-refractivity contribution in [2.75, 3.05) is 17.2 Å². The van der Waals surface area contributed by atoms with Gasteiger partial charge in [-0.25, -0.2) is 0 Å². The van der Waals surface area contributed by atoms with Gasteiger partial charge in [0.2, 0.25) is 5.91 Å². The topological polar surface area (TPSA) is 80.3 Å². The quantitative estimate of drug-likeness (QED) is 0.750. The van der Waals surface area contributed by atoms with Crippen LogP contribution in [0.5, 0.6) is 5.75 Å². The van der Waals surface area contributed by atoms with Crippen molar-refractivity contribution in [3.05, 3.63) is 60.8 Å². The largest absolute Gasteiger partial charge is 0.481 e. The van der Waals surface area contributed by atoms with Crippen LogP contribution in [-0.2, 0) is 9.59 Å². The van der Waals surface area contributed by atoms with Crippen LogP contribution >= 0.6 is 0 Å². The van der Waals surface area contributed by atoms with Crippen molar-refractivity contribution in [1.29, 1.82) is 0 Å². The summed E-state index contributed by atoms with van der Waals surface area (Å²) < 4.78 is 5.60. The standard InChI is InChI=1S/C19H17N3O3/c1-13(23)21-15-7-3-8-16(11-15)22-18(24)12-25-17-9-2-5-14-6-4-10-20-19(14)17/h2-11H,12H2,1H3,(H,21,23)(H,22,24). The summed E-state index contributed by atoms with van der Waals surface area (Å²) in [6.07, 6.45) is 1.68. The van der Waals surface area contributed by atoms with E-state index in [1.807, 2.05) is 24.3 Å². The van der Waals surface area contributed by atoms with Crippen LogP contribution in [-0.4, -0.2) is 23.4 Å². The molecule has 25 heavy (non-hydrogen) atoms. The molecule has 126 valence electrons. The monoisotopic (exact) mass is 335 g/mol. The first-order chi connectivity index (χ1) is 12.1. The van der Waals surface area contributed by atoms with Crippen LogP contribution in [0.15, 0.2) is 60.8 Å². The zero-order valence-corrected chi connectivity index (χ0v) is 13.7. The van der Waals surface area contributed by atoms with Crippen LogP contribution in [0.1, 0.15) is 6.92 Å². The molecule has 3 rings (SSSR count). The van der Waals surface area contributed by atoms with E-state index in [2.05, 4.69) is 15.6 Å². The summed E-state index contributed by atoms with van der Waals surface area (Å²) in [5.74, 6) is 0.0865. The number of fused-ring (bicyclic) bond motifs is 1. The number of nitrogens with zero attached hydrogens (tertiary/aromatic N) is 1. The number of amides is 2. The molecule has 6 heteroatoms. The molecule has 0 aliphatic heterocycles. The zero-order chi connectivity index (χ0) is 17.6. The smallest absolute Gasteiger partial charge is 0.262 e. The van der Waals surface area contributed by atoms with E-state index in [1.54, 1.807) is 36.5 Å². The van der Waals surface area contributed by atoms with Crippen LogP contribution in [0, 0.1) is 0 Å². The summed E-state index contributed by atoms with van der Waals surface area (Å²) in [4.78, 5) is 27.5. The molecule has 0 atom stereocenters. The molecule has 2 amide bonds. The van der Waals surface area contributed by atoms with Crippen LogP contribution in [0.3, 0.4) is 0 Å². The van der Waals surface area contributed by atoms with Gasteiger partial charge in [0.1, 0.15) is 11.3 Å². The first-order valence-corrected chi connectivity index (χ1v) is 7.76. The number of nitrogens with one attached hydrogen (secondary N) is 2. The first kappa shape index (κ1) is 16.4. The summed E-state index contributed by atoms with van der Waals surface area (Å²) >= 11 is 0. The third-order valence-corrected chi connectivity index (χ3v) is 3.42. The van der Waals surface area contributed by atoms with E-state index < -0.39 is 0 Å². The second kappa shape index (κ2) is 7.44. The molecule has 3 aromatic rings. The third-order valence-electron chi connectivity index (χ3n) is 3.42. The van der Waals surface area contributed by atoms with Gasteiger partial charge < -0.3 is 15.4 Å². The van der Waals surface area contributed by atoms with E-state index in [-0.39, 0.29) is 18.4 Å². The van der Waals surface area contributed by atoms with Gasteiger partial charge >= 0.3 is 0 Å². The molecule has 0 fully saturated rings. The zero-order valence-electron chi connectivity index (χ0n) is 13.7. The fraction of sp³-hybridized carbons (Fsp3) is 0.105. The molecule has 0 saturated heterocycles. The average Bonchev–Trinajstić information content (AvgIpc) is 2.59. The van der Waals surface area contributed by atoms with Crippen LogP contribution in [0.2, 0.25) is 0 Å². The minimum absolute atomic E-state index is 0.139. The van der Waals surface area contributed by atoms with E-state index in [0.717, 1.165) is 5.39 Å². The van der Waals surface area contributed by atoms with Crippen molar-refractivity contribution in [3.8, 4) is 5.75 Å². The number of para-hydroxylation sites is 1. The van der Waals surface area contributed by atoms with Crippen LogP contribution < -0.4 is 15.4 Å². The summed E-state index contributed by atoms with van der Waals surface area (Å²) in [5.41, 5.74) is 1.91. The van der Waals surface area contributed by atoms with Gasteiger partial charge in [0.25, 0.3) is 5.91 Å². The fourth-order valence-electron chi connectivity index (χ4n) is 2.41. The van der Waals surface area contributed by atoms with Crippen molar-refractivity contribution >= 4 is 34.1 Å². The van der Waals surface area contributed by atoms with Gasteiger partial charge in [0, 0.05) is 29.9 Å². The van der Waals surface area contributed by atoms with Crippen molar-refractivity contribution in [1.82, 2.24) is 4.98 Å². The minimum atomic E-state index is -0.298. The van der Waals surface area contributed by atoms with Crippen LogP contribution in [0.4, 0.5) is 11.4 Å². The normalized spacial score (nSPS) is 10.3. The SMILES string of the molecule is CC(=O)Nc1cccc(NC(=O)COc2cccc3cccnc23)c1. The highest BCUT2D eigenvalue weighted by atomic mass is 16.5. The molecule has 2 N–H and O–H groups in total. The maximum Gasteiger partial charge on any atom is 0.262 e. The number of carbonyl (C=O) groups excluding carboxylic acids is 2. The van der Waals surface area contributed by atoms with Crippen molar-refractivity contribution in [2.24, 2.45) is 0 Å². The molecule has 0 aliphatic carbocycles. The molecule has 0 bridgehead atoms. The number of benzene rings is 2. The summed E-state index contributed by atoms with van der Waals surface area (Å²) in [6, 6.07) is 16.3. The predicted octanol–water partition coefficient (Wildman–Crippen LogP) is 3.21. The lowest BCUT2D eigenvalue weighted by Gasteiger charge is -2.10. The third kappa shape index (κ3) is 4.32. The summed E-state index contributed by atoms with van der Waals surface area (Å²) in [6.45, 7) is 1.29. The van der Waals surface area contributed by atoms with E-state index >= 15 is 0 Å². The van der Waals surface area contributed by atoms with Gasteiger partial charge in [0.05, 0.1) is 0 Å². The first-order valence-electron chi connectivity index (χ1n) is 7.76. The highest BCUT2D eigenvalue weighted by Crippen LogP contribution is 2.23. The fourth-order valence-corrected chi connectivity index (χ4v) is 2.41. The molecule has 6 nitrogen and oxygen atoms in total. The lowest BCUT2D eigenvalue weighted by Crippen LogP contribution is -2.20. The second-order valence-electron chi connectivity index (χ2n) is 5.43. The predicted molar refractivity (Wildman–Crippen MR) is 96.6 cm³/mol. The lowest BCUT2D eigenvalue weighted by atomic mass is 10.2. The Morgan fingerprint density at radius 2 is 1.72 bits per heavy atom. The average molecular weight is 335 g/mol. The molecule has 0 unspecified atom stereocenters. The molecule has 0 saturated carbocycles. The van der Waals surface area contributed by atoms with Gasteiger partial charge in [-0.2, -0.15) is 0 Å². The van der Waals surface area contributed by atoms with Gasteiger partial charge in [-0.05, 0) is 30.3 Å². The lowest BCUT2D eigenvalue weighted by molar-refractivity contribution is -0.118. The minimum Gasteiger partial charge on any atom is -0.481 e. The molecule has 0 radical (unpaired) electrons. The van der Waals surface area contributed by atoms with Gasteiger partial charge in [-0.3, -0.25) is 14.6 Å². The number of hydrogen-bond donors (Lipinski definition) is 2. The molecule has 1 aromatic heterocycles. The number of hydrogen-bond acceptors (Lipinski definition) is 4. The van der Waals surface area contributed by atoms with Gasteiger partial charge in [0.15, 0.2) is 6.61 Å². The Hall–Kier alpha value is -3.41. The number of aromatic nitrogens is 1. The molecule has 2 aromatic carbocycles. The number of anilines is 2. The Labute approximate surface area is 144 Å². The van der Waals surface area contributed by atoms with E-state index in [4.69, 9.17) is 4.74 Å². The maximum atomic E-state index is 12.1. The highest BCUT2D eigenvalue weighted by Gasteiger charge is 2.07. The van der Waals surface area contributed by atoms with Crippen LogP contribution in [0.25, 0.3) is 10.9 Å².